The van der Waals surface area contributed by atoms with Gasteiger partial charge in [-0.1, -0.05) is 12.1 Å². The standard InChI is InChI=1S/C16H18FNOS/c1-11-8-13(19-2)6-7-15(11)16(18)10-20-14-5-3-4-12(17)9-14/h3-9,16H,10,18H2,1-2H3. The topological polar surface area (TPSA) is 35.2 Å². The quantitative estimate of drug-likeness (QED) is 0.848. The molecule has 4 heteroatoms. The number of rotatable bonds is 5. The molecule has 0 fully saturated rings. The SMILES string of the molecule is COc1ccc(C(N)CSc2cccc(F)c2)c(C)c1. The number of methoxy groups -OCH3 is 1. The molecule has 0 aliphatic carbocycles. The molecule has 2 aromatic carbocycles. The minimum atomic E-state index is -0.218. The number of aryl methyl sites for hydroxylation is 1. The Bertz CT molecular complexity index is 588. The molecule has 0 radical (unpaired) electrons. The van der Waals surface area contributed by atoms with Gasteiger partial charge in [-0.15, -0.1) is 11.8 Å². The van der Waals surface area contributed by atoms with Crippen molar-refractivity contribution in [3.05, 3.63) is 59.4 Å². The van der Waals surface area contributed by atoms with Gasteiger partial charge in [0, 0.05) is 16.7 Å². The molecule has 2 rings (SSSR count). The first-order chi connectivity index (χ1) is 9.60. The van der Waals surface area contributed by atoms with Crippen molar-refractivity contribution >= 4 is 11.8 Å². The van der Waals surface area contributed by atoms with E-state index in [0.717, 1.165) is 21.8 Å². The Morgan fingerprint density at radius 3 is 2.70 bits per heavy atom. The summed E-state index contributed by atoms with van der Waals surface area (Å²) < 4.78 is 18.3. The molecule has 0 aromatic heterocycles. The van der Waals surface area contributed by atoms with Crippen LogP contribution in [0.4, 0.5) is 4.39 Å². The highest BCUT2D eigenvalue weighted by molar-refractivity contribution is 7.99. The molecule has 0 bridgehead atoms. The van der Waals surface area contributed by atoms with E-state index in [2.05, 4.69) is 0 Å². The van der Waals surface area contributed by atoms with Crippen molar-refractivity contribution in [2.75, 3.05) is 12.9 Å². The van der Waals surface area contributed by atoms with E-state index in [1.54, 1.807) is 24.9 Å². The predicted octanol–water partition coefficient (Wildman–Crippen LogP) is 3.93. The average Bonchev–Trinajstić information content (AvgIpc) is 2.44. The van der Waals surface area contributed by atoms with Crippen LogP contribution in [0, 0.1) is 12.7 Å². The first-order valence-electron chi connectivity index (χ1n) is 6.38. The molecule has 0 aliphatic rings. The van der Waals surface area contributed by atoms with Crippen LogP contribution in [0.25, 0.3) is 0 Å². The van der Waals surface area contributed by atoms with Crippen molar-refractivity contribution in [1.29, 1.82) is 0 Å². The molecule has 0 saturated carbocycles. The van der Waals surface area contributed by atoms with E-state index in [-0.39, 0.29) is 11.9 Å². The van der Waals surface area contributed by atoms with E-state index < -0.39 is 0 Å². The largest absolute Gasteiger partial charge is 0.497 e. The maximum Gasteiger partial charge on any atom is 0.124 e. The number of hydrogen-bond acceptors (Lipinski definition) is 3. The van der Waals surface area contributed by atoms with Crippen LogP contribution >= 0.6 is 11.8 Å². The molecule has 0 amide bonds. The van der Waals surface area contributed by atoms with E-state index in [9.17, 15) is 4.39 Å². The third-order valence-electron chi connectivity index (χ3n) is 3.10. The maximum absolute atomic E-state index is 13.1. The third-order valence-corrected chi connectivity index (χ3v) is 4.22. The molecule has 0 spiro atoms. The Kier molecular flexibility index (Phi) is 5.04. The fourth-order valence-electron chi connectivity index (χ4n) is 2.02. The Morgan fingerprint density at radius 2 is 2.05 bits per heavy atom. The lowest BCUT2D eigenvalue weighted by atomic mass is 10.0. The van der Waals surface area contributed by atoms with Crippen molar-refractivity contribution in [2.24, 2.45) is 5.73 Å². The second kappa shape index (κ2) is 6.77. The summed E-state index contributed by atoms with van der Waals surface area (Å²) in [6.45, 7) is 2.02. The van der Waals surface area contributed by atoms with Gasteiger partial charge < -0.3 is 10.5 Å². The van der Waals surface area contributed by atoms with E-state index in [1.165, 1.54) is 12.1 Å². The van der Waals surface area contributed by atoms with Gasteiger partial charge in [0.25, 0.3) is 0 Å². The molecule has 106 valence electrons. The Morgan fingerprint density at radius 1 is 1.25 bits per heavy atom. The number of ether oxygens (including phenoxy) is 1. The molecule has 20 heavy (non-hydrogen) atoms. The summed E-state index contributed by atoms with van der Waals surface area (Å²) in [6, 6.07) is 12.4. The van der Waals surface area contributed by atoms with Gasteiger partial charge in [-0.05, 0) is 48.4 Å². The van der Waals surface area contributed by atoms with Crippen LogP contribution in [0.3, 0.4) is 0 Å². The van der Waals surface area contributed by atoms with Gasteiger partial charge in [0.15, 0.2) is 0 Å². The minimum absolute atomic E-state index is 0.0887. The lowest BCUT2D eigenvalue weighted by Crippen LogP contribution is -2.14. The molecule has 2 N–H and O–H groups in total. The van der Waals surface area contributed by atoms with Gasteiger partial charge in [0.2, 0.25) is 0 Å². The van der Waals surface area contributed by atoms with Crippen molar-refractivity contribution < 1.29 is 9.13 Å². The molecule has 0 aliphatic heterocycles. The summed E-state index contributed by atoms with van der Waals surface area (Å²) in [6.07, 6.45) is 0. The second-order valence-electron chi connectivity index (χ2n) is 4.60. The lowest BCUT2D eigenvalue weighted by molar-refractivity contribution is 0.414. The molecule has 2 aromatic rings. The summed E-state index contributed by atoms with van der Waals surface area (Å²) in [7, 11) is 1.65. The van der Waals surface area contributed by atoms with Crippen LogP contribution in [0.15, 0.2) is 47.4 Å². The monoisotopic (exact) mass is 291 g/mol. The summed E-state index contributed by atoms with van der Waals surface area (Å²) in [5.41, 5.74) is 8.42. The Balaban J connectivity index is 2.03. The fourth-order valence-corrected chi connectivity index (χ4v) is 2.95. The van der Waals surface area contributed by atoms with Gasteiger partial charge in [-0.3, -0.25) is 0 Å². The zero-order valence-electron chi connectivity index (χ0n) is 11.6. The van der Waals surface area contributed by atoms with Crippen LogP contribution in [0.5, 0.6) is 5.75 Å². The van der Waals surface area contributed by atoms with E-state index in [4.69, 9.17) is 10.5 Å². The van der Waals surface area contributed by atoms with Crippen molar-refractivity contribution in [3.8, 4) is 5.75 Å². The Labute approximate surface area is 123 Å². The van der Waals surface area contributed by atoms with E-state index >= 15 is 0 Å². The highest BCUT2D eigenvalue weighted by Crippen LogP contribution is 2.27. The average molecular weight is 291 g/mol. The highest BCUT2D eigenvalue weighted by Gasteiger charge is 2.10. The number of hydrogen-bond donors (Lipinski definition) is 1. The van der Waals surface area contributed by atoms with Crippen molar-refractivity contribution in [1.82, 2.24) is 0 Å². The van der Waals surface area contributed by atoms with E-state index in [0.29, 0.717) is 5.75 Å². The summed E-state index contributed by atoms with van der Waals surface area (Å²) in [5.74, 6) is 1.32. The molecular formula is C16H18FNOS. The van der Waals surface area contributed by atoms with Crippen molar-refractivity contribution in [3.63, 3.8) is 0 Å². The maximum atomic E-state index is 13.1. The molecule has 1 atom stereocenters. The molecule has 1 unspecified atom stereocenters. The number of nitrogens with two attached hydrogens (primary N) is 1. The molecular weight excluding hydrogens is 273 g/mol. The first-order valence-corrected chi connectivity index (χ1v) is 7.37. The highest BCUT2D eigenvalue weighted by atomic mass is 32.2. The van der Waals surface area contributed by atoms with Crippen LogP contribution in [0.1, 0.15) is 17.2 Å². The first kappa shape index (κ1) is 14.9. The number of halogens is 1. The van der Waals surface area contributed by atoms with Crippen LogP contribution in [0.2, 0.25) is 0 Å². The second-order valence-corrected chi connectivity index (χ2v) is 5.69. The van der Waals surface area contributed by atoms with E-state index in [1.807, 2.05) is 31.2 Å². The van der Waals surface area contributed by atoms with Crippen LogP contribution in [-0.2, 0) is 0 Å². The molecule has 2 nitrogen and oxygen atoms in total. The van der Waals surface area contributed by atoms with Gasteiger partial charge in [0.05, 0.1) is 7.11 Å². The smallest absolute Gasteiger partial charge is 0.124 e. The number of benzene rings is 2. The summed E-state index contributed by atoms with van der Waals surface area (Å²) in [4.78, 5) is 0.895. The van der Waals surface area contributed by atoms with Crippen LogP contribution < -0.4 is 10.5 Å². The van der Waals surface area contributed by atoms with Crippen molar-refractivity contribution in [2.45, 2.75) is 17.9 Å². The third kappa shape index (κ3) is 3.74. The molecule has 0 heterocycles. The zero-order chi connectivity index (χ0) is 14.5. The van der Waals surface area contributed by atoms with Gasteiger partial charge in [0.1, 0.15) is 11.6 Å². The van der Waals surface area contributed by atoms with Gasteiger partial charge in [-0.25, -0.2) is 4.39 Å². The number of thioether (sulfide) groups is 1. The zero-order valence-corrected chi connectivity index (χ0v) is 12.4. The Hall–Kier alpha value is -1.52. The fraction of sp³-hybridized carbons (Fsp3) is 0.250. The van der Waals surface area contributed by atoms with Gasteiger partial charge in [-0.2, -0.15) is 0 Å². The van der Waals surface area contributed by atoms with Crippen LogP contribution in [-0.4, -0.2) is 12.9 Å². The minimum Gasteiger partial charge on any atom is -0.497 e. The predicted molar refractivity (Wildman–Crippen MR) is 81.8 cm³/mol. The summed E-state index contributed by atoms with van der Waals surface area (Å²) >= 11 is 1.56. The normalized spacial score (nSPS) is 12.2. The van der Waals surface area contributed by atoms with Gasteiger partial charge >= 0.3 is 0 Å². The summed E-state index contributed by atoms with van der Waals surface area (Å²) in [5, 5.41) is 0. The lowest BCUT2D eigenvalue weighted by Gasteiger charge is -2.15. The molecule has 0 saturated heterocycles.